The van der Waals surface area contributed by atoms with Crippen molar-refractivity contribution in [1.82, 2.24) is 4.90 Å². The average molecular weight is 256 g/mol. The monoisotopic (exact) mass is 256 g/mol. The van der Waals surface area contributed by atoms with Crippen LogP contribution in [0.25, 0.3) is 0 Å². The fraction of sp³-hybridized carbons (Fsp3) is 0.250. The number of nitrogens with zero attached hydrogens (tertiary/aromatic N) is 1. The topological polar surface area (TPSA) is 49.5 Å². The second kappa shape index (κ2) is 6.36. The van der Waals surface area contributed by atoms with Crippen LogP contribution in [0, 0.1) is 0 Å². The molecule has 3 N–H and O–H groups in total. The lowest BCUT2D eigenvalue weighted by molar-refractivity contribution is 0.318. The highest BCUT2D eigenvalue weighted by Gasteiger charge is 2.03. The maximum Gasteiger partial charge on any atom is 0.115 e. The van der Waals surface area contributed by atoms with Crippen LogP contribution in [0.1, 0.15) is 16.7 Å². The first-order chi connectivity index (χ1) is 9.17. The number of benzene rings is 2. The maximum atomic E-state index is 9.45. The van der Waals surface area contributed by atoms with Crippen LogP contribution in [0.4, 0.5) is 0 Å². The Kier molecular flexibility index (Phi) is 4.55. The summed E-state index contributed by atoms with van der Waals surface area (Å²) < 4.78 is 0. The molecule has 3 heteroatoms. The Morgan fingerprint density at radius 2 is 1.53 bits per heavy atom. The lowest BCUT2D eigenvalue weighted by atomic mass is 10.1. The predicted octanol–water partition coefficient (Wildman–Crippen LogP) is 2.48. The van der Waals surface area contributed by atoms with E-state index in [1.54, 1.807) is 12.1 Å². The van der Waals surface area contributed by atoms with Gasteiger partial charge in [-0.3, -0.25) is 4.90 Å². The molecular weight excluding hydrogens is 236 g/mol. The minimum absolute atomic E-state index is 0.316. The van der Waals surface area contributed by atoms with Crippen molar-refractivity contribution in [3.8, 4) is 5.75 Å². The fourth-order valence-electron chi connectivity index (χ4n) is 2.19. The second-order valence-corrected chi connectivity index (χ2v) is 4.87. The molecule has 0 bridgehead atoms. The molecule has 100 valence electrons. The molecule has 2 aromatic rings. The van der Waals surface area contributed by atoms with Gasteiger partial charge in [-0.1, -0.05) is 36.4 Å². The largest absolute Gasteiger partial charge is 0.508 e. The van der Waals surface area contributed by atoms with Gasteiger partial charge in [-0.15, -0.1) is 0 Å². The van der Waals surface area contributed by atoms with Gasteiger partial charge in [-0.2, -0.15) is 0 Å². The van der Waals surface area contributed by atoms with E-state index in [1.807, 2.05) is 24.3 Å². The Hall–Kier alpha value is -1.84. The van der Waals surface area contributed by atoms with E-state index in [0.717, 1.165) is 24.2 Å². The van der Waals surface area contributed by atoms with Gasteiger partial charge in [0, 0.05) is 19.6 Å². The van der Waals surface area contributed by atoms with E-state index in [1.165, 1.54) is 5.56 Å². The molecule has 2 aromatic carbocycles. The van der Waals surface area contributed by atoms with Gasteiger partial charge in [0.15, 0.2) is 0 Å². The molecular formula is C16H20N2O. The zero-order chi connectivity index (χ0) is 13.7. The molecule has 0 radical (unpaired) electrons. The van der Waals surface area contributed by atoms with E-state index in [9.17, 15) is 5.11 Å². The van der Waals surface area contributed by atoms with Crippen LogP contribution in [0.5, 0.6) is 5.75 Å². The third-order valence-corrected chi connectivity index (χ3v) is 3.04. The minimum Gasteiger partial charge on any atom is -0.508 e. The SMILES string of the molecule is CN(Cc1cccc(O)c1)Cc1cccc(CN)c1. The molecule has 0 amide bonds. The summed E-state index contributed by atoms with van der Waals surface area (Å²) in [5.74, 6) is 0.316. The van der Waals surface area contributed by atoms with Crippen LogP contribution in [0.3, 0.4) is 0 Å². The Bertz CT molecular complexity index is 540. The normalized spacial score (nSPS) is 10.9. The van der Waals surface area contributed by atoms with E-state index in [-0.39, 0.29) is 0 Å². The number of rotatable bonds is 5. The van der Waals surface area contributed by atoms with Crippen LogP contribution in [0.15, 0.2) is 48.5 Å². The number of hydrogen-bond donors (Lipinski definition) is 2. The summed E-state index contributed by atoms with van der Waals surface area (Å²) in [6.45, 7) is 2.24. The van der Waals surface area contributed by atoms with Crippen LogP contribution >= 0.6 is 0 Å². The smallest absolute Gasteiger partial charge is 0.115 e. The summed E-state index contributed by atoms with van der Waals surface area (Å²) in [7, 11) is 2.07. The zero-order valence-corrected chi connectivity index (χ0v) is 11.2. The summed E-state index contributed by atoms with van der Waals surface area (Å²) in [5.41, 5.74) is 9.17. The van der Waals surface area contributed by atoms with Crippen molar-refractivity contribution in [2.75, 3.05) is 7.05 Å². The van der Waals surface area contributed by atoms with Crippen molar-refractivity contribution < 1.29 is 5.11 Å². The van der Waals surface area contributed by atoms with Crippen molar-refractivity contribution in [3.63, 3.8) is 0 Å². The molecule has 0 aliphatic heterocycles. The molecule has 0 saturated carbocycles. The van der Waals surface area contributed by atoms with Crippen molar-refractivity contribution >= 4 is 0 Å². The first kappa shape index (κ1) is 13.6. The molecule has 0 heterocycles. The average Bonchev–Trinajstić information content (AvgIpc) is 2.38. The van der Waals surface area contributed by atoms with Crippen molar-refractivity contribution in [2.45, 2.75) is 19.6 Å². The number of phenolic OH excluding ortho intramolecular Hbond substituents is 1. The molecule has 0 saturated heterocycles. The Labute approximate surface area is 114 Å². The standard InChI is InChI=1S/C16H20N2O/c1-18(12-15-6-3-7-16(19)9-15)11-14-5-2-4-13(8-14)10-17/h2-9,19H,10-12,17H2,1H3. The summed E-state index contributed by atoms with van der Waals surface area (Å²) in [4.78, 5) is 2.21. The molecule has 3 nitrogen and oxygen atoms in total. The lowest BCUT2D eigenvalue weighted by Gasteiger charge is -2.17. The summed E-state index contributed by atoms with van der Waals surface area (Å²) in [6, 6.07) is 15.7. The number of phenols is 1. The van der Waals surface area contributed by atoms with Crippen molar-refractivity contribution in [3.05, 3.63) is 65.2 Å². The highest BCUT2D eigenvalue weighted by molar-refractivity contribution is 5.27. The Morgan fingerprint density at radius 3 is 2.16 bits per heavy atom. The van der Waals surface area contributed by atoms with Gasteiger partial charge in [0.1, 0.15) is 5.75 Å². The molecule has 2 rings (SSSR count). The van der Waals surface area contributed by atoms with Crippen molar-refractivity contribution in [1.29, 1.82) is 0 Å². The molecule has 0 aromatic heterocycles. The molecule has 0 aliphatic carbocycles. The van der Waals surface area contributed by atoms with Gasteiger partial charge < -0.3 is 10.8 Å². The third-order valence-electron chi connectivity index (χ3n) is 3.04. The summed E-state index contributed by atoms with van der Waals surface area (Å²) in [6.07, 6.45) is 0. The minimum atomic E-state index is 0.316. The van der Waals surface area contributed by atoms with Gasteiger partial charge in [0.05, 0.1) is 0 Å². The van der Waals surface area contributed by atoms with E-state index in [2.05, 4.69) is 24.1 Å². The first-order valence-corrected chi connectivity index (χ1v) is 6.41. The highest BCUT2D eigenvalue weighted by Crippen LogP contribution is 2.14. The molecule has 0 aliphatic rings. The van der Waals surface area contributed by atoms with Crippen LogP contribution < -0.4 is 5.73 Å². The predicted molar refractivity (Wildman–Crippen MR) is 77.6 cm³/mol. The molecule has 19 heavy (non-hydrogen) atoms. The fourth-order valence-corrected chi connectivity index (χ4v) is 2.19. The van der Waals surface area contributed by atoms with Crippen molar-refractivity contribution in [2.24, 2.45) is 5.73 Å². The summed E-state index contributed by atoms with van der Waals surface area (Å²) in [5, 5.41) is 9.45. The number of aromatic hydroxyl groups is 1. The van der Waals surface area contributed by atoms with E-state index >= 15 is 0 Å². The van der Waals surface area contributed by atoms with E-state index < -0.39 is 0 Å². The quantitative estimate of drug-likeness (QED) is 0.864. The second-order valence-electron chi connectivity index (χ2n) is 4.87. The molecule has 0 unspecified atom stereocenters. The molecule has 0 fully saturated rings. The highest BCUT2D eigenvalue weighted by atomic mass is 16.3. The number of hydrogen-bond acceptors (Lipinski definition) is 3. The van der Waals surface area contributed by atoms with Gasteiger partial charge in [-0.25, -0.2) is 0 Å². The van der Waals surface area contributed by atoms with Gasteiger partial charge >= 0.3 is 0 Å². The Morgan fingerprint density at radius 1 is 0.947 bits per heavy atom. The number of nitrogens with two attached hydrogens (primary N) is 1. The third kappa shape index (κ3) is 4.09. The van der Waals surface area contributed by atoms with E-state index in [4.69, 9.17) is 5.73 Å². The maximum absolute atomic E-state index is 9.45. The van der Waals surface area contributed by atoms with Crippen LogP contribution in [-0.2, 0) is 19.6 Å². The summed E-state index contributed by atoms with van der Waals surface area (Å²) >= 11 is 0. The lowest BCUT2D eigenvalue weighted by Crippen LogP contribution is -2.17. The van der Waals surface area contributed by atoms with Gasteiger partial charge in [-0.05, 0) is 35.9 Å². The van der Waals surface area contributed by atoms with Crippen LogP contribution in [0.2, 0.25) is 0 Å². The molecule has 0 atom stereocenters. The van der Waals surface area contributed by atoms with Gasteiger partial charge in [0.2, 0.25) is 0 Å². The van der Waals surface area contributed by atoms with Gasteiger partial charge in [0.25, 0.3) is 0 Å². The van der Waals surface area contributed by atoms with Crippen LogP contribution in [-0.4, -0.2) is 17.1 Å². The zero-order valence-electron chi connectivity index (χ0n) is 11.2. The van der Waals surface area contributed by atoms with E-state index in [0.29, 0.717) is 12.3 Å². The first-order valence-electron chi connectivity index (χ1n) is 6.41. The Balaban J connectivity index is 1.98. The molecule has 0 spiro atoms.